The largest absolute Gasteiger partial charge is 0.516 e. The monoisotopic (exact) mass is 286 g/mol. The van der Waals surface area contributed by atoms with Crippen LogP contribution < -0.4 is 0 Å². The maximum Gasteiger partial charge on any atom is 0.0751 e. The fourth-order valence-electron chi connectivity index (χ4n) is 3.28. The summed E-state index contributed by atoms with van der Waals surface area (Å²) in [6.45, 7) is 1.94. The second-order valence-electron chi connectivity index (χ2n) is 6.02. The molecule has 4 N–H and O–H groups in total. The summed E-state index contributed by atoms with van der Waals surface area (Å²) in [4.78, 5) is 0. The van der Waals surface area contributed by atoms with Gasteiger partial charge in [0.15, 0.2) is 0 Å². The molecular formula is C16H30O4. The summed E-state index contributed by atoms with van der Waals surface area (Å²) in [5, 5.41) is 38.4. The van der Waals surface area contributed by atoms with Gasteiger partial charge >= 0.3 is 0 Å². The van der Waals surface area contributed by atoms with Crippen LogP contribution in [0.4, 0.5) is 0 Å². The van der Waals surface area contributed by atoms with Gasteiger partial charge in [0.25, 0.3) is 0 Å². The van der Waals surface area contributed by atoms with Crippen molar-refractivity contribution in [3.05, 3.63) is 12.3 Å². The third-order valence-corrected chi connectivity index (χ3v) is 4.55. The highest BCUT2D eigenvalue weighted by atomic mass is 16.3. The summed E-state index contributed by atoms with van der Waals surface area (Å²) >= 11 is 0. The van der Waals surface area contributed by atoms with Gasteiger partial charge in [-0.3, -0.25) is 0 Å². The molecule has 4 heteroatoms. The molecule has 4 nitrogen and oxygen atoms in total. The first-order valence-electron chi connectivity index (χ1n) is 7.93. The number of hydrogen-bond donors (Lipinski definition) is 4. The van der Waals surface area contributed by atoms with Crippen LogP contribution in [0.25, 0.3) is 0 Å². The summed E-state index contributed by atoms with van der Waals surface area (Å²) < 4.78 is 0. The number of rotatable bonds is 9. The molecule has 118 valence electrons. The maximum absolute atomic E-state index is 10.1. The summed E-state index contributed by atoms with van der Waals surface area (Å²) in [6.07, 6.45) is 8.16. The van der Waals surface area contributed by atoms with Crippen molar-refractivity contribution < 1.29 is 20.4 Å². The fourth-order valence-corrected chi connectivity index (χ4v) is 3.28. The third kappa shape index (κ3) is 5.43. The Bertz CT molecular complexity index is 280. The molecule has 0 saturated heterocycles. The van der Waals surface area contributed by atoms with Crippen LogP contribution in [0.2, 0.25) is 0 Å². The molecule has 20 heavy (non-hydrogen) atoms. The van der Waals surface area contributed by atoms with Crippen molar-refractivity contribution in [1.82, 2.24) is 0 Å². The molecular weight excluding hydrogens is 256 g/mol. The van der Waals surface area contributed by atoms with E-state index in [1.165, 1.54) is 0 Å². The predicted molar refractivity (Wildman–Crippen MR) is 79.4 cm³/mol. The smallest absolute Gasteiger partial charge is 0.0751 e. The molecule has 0 amide bonds. The van der Waals surface area contributed by atoms with Crippen molar-refractivity contribution in [2.45, 2.75) is 76.6 Å². The first-order valence-corrected chi connectivity index (χ1v) is 7.93. The zero-order valence-electron chi connectivity index (χ0n) is 12.5. The van der Waals surface area contributed by atoms with E-state index in [9.17, 15) is 15.3 Å². The lowest BCUT2D eigenvalue weighted by Gasteiger charge is -2.25. The Labute approximate surface area is 122 Å². The Hall–Kier alpha value is -0.580. The van der Waals surface area contributed by atoms with E-state index in [0.29, 0.717) is 19.3 Å². The van der Waals surface area contributed by atoms with Crippen LogP contribution in [-0.4, -0.2) is 38.7 Å². The van der Waals surface area contributed by atoms with Crippen LogP contribution in [0.15, 0.2) is 12.3 Å². The van der Waals surface area contributed by atoms with Crippen molar-refractivity contribution in [3.63, 3.8) is 0 Å². The molecule has 0 aromatic heterocycles. The minimum atomic E-state index is -0.478. The van der Waals surface area contributed by atoms with Crippen LogP contribution in [-0.2, 0) is 0 Å². The molecule has 1 aliphatic rings. The summed E-state index contributed by atoms with van der Waals surface area (Å²) in [7, 11) is 0. The van der Waals surface area contributed by atoms with E-state index < -0.39 is 12.2 Å². The van der Waals surface area contributed by atoms with Crippen LogP contribution in [0.3, 0.4) is 0 Å². The molecule has 1 aliphatic carbocycles. The highest BCUT2D eigenvalue weighted by Gasteiger charge is 2.41. The lowest BCUT2D eigenvalue weighted by atomic mass is 9.84. The van der Waals surface area contributed by atoms with Crippen LogP contribution in [0.1, 0.15) is 58.3 Å². The van der Waals surface area contributed by atoms with Gasteiger partial charge in [-0.25, -0.2) is 0 Å². The maximum atomic E-state index is 10.1. The Morgan fingerprint density at radius 2 is 1.80 bits per heavy atom. The molecule has 0 aromatic rings. The quantitative estimate of drug-likeness (QED) is 0.388. The number of allylic oxidation sites excluding steroid dienone is 1. The Balaban J connectivity index is 2.35. The van der Waals surface area contributed by atoms with Gasteiger partial charge in [-0.2, -0.15) is 0 Å². The number of aliphatic hydroxyl groups is 4. The van der Waals surface area contributed by atoms with Gasteiger partial charge in [-0.1, -0.05) is 25.8 Å². The fraction of sp³-hybridized carbons (Fsp3) is 0.875. The van der Waals surface area contributed by atoms with Gasteiger partial charge in [0, 0.05) is 0 Å². The van der Waals surface area contributed by atoms with Crippen molar-refractivity contribution >= 4 is 0 Å². The summed E-state index contributed by atoms with van der Waals surface area (Å²) in [5.74, 6) is 0.136. The van der Waals surface area contributed by atoms with E-state index in [-0.39, 0.29) is 17.9 Å². The molecule has 1 rings (SSSR count). The molecule has 0 spiro atoms. The average molecular weight is 286 g/mol. The second kappa shape index (κ2) is 9.37. The number of hydrogen-bond acceptors (Lipinski definition) is 4. The lowest BCUT2D eigenvalue weighted by Crippen LogP contribution is -2.26. The highest BCUT2D eigenvalue weighted by molar-refractivity contribution is 4.91. The normalized spacial score (nSPS) is 32.0. The van der Waals surface area contributed by atoms with Crippen LogP contribution in [0.5, 0.6) is 0 Å². The number of aliphatic hydroxyl groups excluding tert-OH is 4. The molecule has 1 saturated carbocycles. The van der Waals surface area contributed by atoms with Gasteiger partial charge in [0.1, 0.15) is 0 Å². The molecule has 1 fully saturated rings. The van der Waals surface area contributed by atoms with E-state index >= 15 is 0 Å². The molecule has 0 aliphatic heterocycles. The number of unbranched alkanes of at least 4 members (excludes halogenated alkanes) is 3. The Morgan fingerprint density at radius 1 is 1.10 bits per heavy atom. The molecule has 0 bridgehead atoms. The molecule has 0 radical (unpaired) electrons. The van der Waals surface area contributed by atoms with Crippen LogP contribution >= 0.6 is 0 Å². The molecule has 0 heterocycles. The third-order valence-electron chi connectivity index (χ3n) is 4.55. The molecule has 5 atom stereocenters. The predicted octanol–water partition coefficient (Wildman–Crippen LogP) is 2.53. The summed E-state index contributed by atoms with van der Waals surface area (Å²) in [5.41, 5.74) is 0. The van der Waals surface area contributed by atoms with E-state index in [2.05, 4.69) is 0 Å². The van der Waals surface area contributed by atoms with E-state index in [4.69, 9.17) is 5.11 Å². The van der Waals surface area contributed by atoms with Crippen molar-refractivity contribution in [2.75, 3.05) is 0 Å². The van der Waals surface area contributed by atoms with Crippen molar-refractivity contribution in [2.24, 2.45) is 11.8 Å². The van der Waals surface area contributed by atoms with Gasteiger partial charge in [-0.05, 0) is 50.4 Å². The van der Waals surface area contributed by atoms with E-state index in [0.717, 1.165) is 38.4 Å². The van der Waals surface area contributed by atoms with E-state index in [1.54, 1.807) is 6.08 Å². The minimum absolute atomic E-state index is 0.0253. The second-order valence-corrected chi connectivity index (χ2v) is 6.02. The standard InChI is InChI=1S/C16H30O4/c1-2-12(18)10-14-13(15(19)11-16(14)20)8-6-4-3-5-7-9-17/h7,9,12-20H,2-6,8,10-11H2,1H3. The summed E-state index contributed by atoms with van der Waals surface area (Å²) in [6, 6.07) is 0. The molecule has 0 aromatic carbocycles. The average Bonchev–Trinajstić information content (AvgIpc) is 2.69. The van der Waals surface area contributed by atoms with Crippen LogP contribution in [0, 0.1) is 11.8 Å². The van der Waals surface area contributed by atoms with Gasteiger partial charge in [0.05, 0.1) is 24.6 Å². The van der Waals surface area contributed by atoms with Gasteiger partial charge < -0.3 is 20.4 Å². The topological polar surface area (TPSA) is 80.9 Å². The highest BCUT2D eigenvalue weighted by Crippen LogP contribution is 2.39. The SMILES string of the molecule is CCC(O)CC1C(O)CC(O)C1CCCCCC=CO. The molecule has 5 unspecified atom stereocenters. The van der Waals surface area contributed by atoms with E-state index in [1.807, 2.05) is 6.92 Å². The zero-order valence-corrected chi connectivity index (χ0v) is 12.5. The Kier molecular flexibility index (Phi) is 8.19. The first kappa shape index (κ1) is 17.5. The van der Waals surface area contributed by atoms with Crippen molar-refractivity contribution in [1.29, 1.82) is 0 Å². The minimum Gasteiger partial charge on any atom is -0.516 e. The Morgan fingerprint density at radius 3 is 2.45 bits per heavy atom. The first-order chi connectivity index (χ1) is 9.60. The van der Waals surface area contributed by atoms with Crippen molar-refractivity contribution in [3.8, 4) is 0 Å². The lowest BCUT2D eigenvalue weighted by molar-refractivity contribution is 0.0552. The zero-order chi connectivity index (χ0) is 15.0. The van der Waals surface area contributed by atoms with Gasteiger partial charge in [0.2, 0.25) is 0 Å². The van der Waals surface area contributed by atoms with Gasteiger partial charge in [-0.15, -0.1) is 0 Å².